The Bertz CT molecular complexity index is 371. The Hall–Kier alpha value is -0.550. The predicted molar refractivity (Wildman–Crippen MR) is 54.3 cm³/mol. The Morgan fingerprint density at radius 2 is 1.80 bits per heavy atom. The number of benzene rings is 1. The lowest BCUT2D eigenvalue weighted by atomic mass is 9.93. The van der Waals surface area contributed by atoms with E-state index >= 15 is 0 Å². The molecule has 0 aromatic heterocycles. The van der Waals surface area contributed by atoms with Crippen molar-refractivity contribution in [2.24, 2.45) is 0 Å². The van der Waals surface area contributed by atoms with E-state index in [1.807, 2.05) is 0 Å². The molecule has 0 saturated carbocycles. The van der Waals surface area contributed by atoms with Crippen LogP contribution in [0.1, 0.15) is 19.4 Å². The first-order valence-electron chi connectivity index (χ1n) is 4.22. The van der Waals surface area contributed by atoms with E-state index in [9.17, 15) is 18.3 Å². The van der Waals surface area contributed by atoms with Crippen molar-refractivity contribution >= 4 is 15.9 Å². The Kier molecular flexibility index (Phi) is 3.16. The van der Waals surface area contributed by atoms with Gasteiger partial charge < -0.3 is 5.11 Å². The summed E-state index contributed by atoms with van der Waals surface area (Å²) >= 11 is 2.82. The van der Waals surface area contributed by atoms with Gasteiger partial charge in [-0.2, -0.15) is 8.78 Å². The highest BCUT2D eigenvalue weighted by atomic mass is 79.9. The monoisotopic (exact) mass is 282 g/mol. The molecule has 1 aromatic carbocycles. The number of aliphatic hydroxyl groups is 1. The van der Waals surface area contributed by atoms with Crippen LogP contribution in [0, 0.1) is 5.82 Å². The molecule has 5 heteroatoms. The van der Waals surface area contributed by atoms with Gasteiger partial charge in [0, 0.05) is 0 Å². The van der Waals surface area contributed by atoms with Gasteiger partial charge >= 0.3 is 5.92 Å². The number of halogens is 4. The molecule has 0 aliphatic rings. The van der Waals surface area contributed by atoms with Gasteiger partial charge in [0.05, 0.1) is 10.0 Å². The Morgan fingerprint density at radius 1 is 1.27 bits per heavy atom. The van der Waals surface area contributed by atoms with Gasteiger partial charge in [-0.05, 0) is 41.9 Å². The van der Waals surface area contributed by atoms with E-state index in [1.54, 1.807) is 0 Å². The first-order chi connectivity index (χ1) is 6.68. The topological polar surface area (TPSA) is 20.2 Å². The molecule has 1 nitrogen and oxygen atoms in total. The van der Waals surface area contributed by atoms with Crippen molar-refractivity contribution in [3.05, 3.63) is 34.1 Å². The maximum Gasteiger partial charge on any atom is 0.303 e. The SMILES string of the molecule is CC(C)(O)C(F)(F)c1cccc(Br)c1F. The molecule has 0 bridgehead atoms. The zero-order valence-electron chi connectivity index (χ0n) is 8.19. The maximum absolute atomic E-state index is 13.6. The first kappa shape index (κ1) is 12.5. The van der Waals surface area contributed by atoms with Gasteiger partial charge in [-0.25, -0.2) is 4.39 Å². The van der Waals surface area contributed by atoms with Gasteiger partial charge in [-0.1, -0.05) is 6.07 Å². The smallest absolute Gasteiger partial charge is 0.303 e. The van der Waals surface area contributed by atoms with Crippen molar-refractivity contribution in [3.8, 4) is 0 Å². The molecule has 1 aromatic rings. The average molecular weight is 283 g/mol. The van der Waals surface area contributed by atoms with Crippen LogP contribution in [-0.2, 0) is 5.92 Å². The second-order valence-corrected chi connectivity index (χ2v) is 4.59. The highest BCUT2D eigenvalue weighted by molar-refractivity contribution is 9.10. The van der Waals surface area contributed by atoms with Crippen molar-refractivity contribution in [3.63, 3.8) is 0 Å². The third kappa shape index (κ3) is 2.18. The molecule has 0 amide bonds. The van der Waals surface area contributed by atoms with Gasteiger partial charge in [-0.15, -0.1) is 0 Å². The fraction of sp³-hybridized carbons (Fsp3) is 0.400. The molecule has 1 rings (SSSR count). The van der Waals surface area contributed by atoms with Crippen molar-refractivity contribution in [1.29, 1.82) is 0 Å². The number of hydrogen-bond acceptors (Lipinski definition) is 1. The molecule has 84 valence electrons. The molecule has 0 spiro atoms. The molecule has 0 aliphatic heterocycles. The lowest BCUT2D eigenvalue weighted by molar-refractivity contribution is -0.170. The number of hydrogen-bond donors (Lipinski definition) is 1. The molecule has 1 N–H and O–H groups in total. The minimum absolute atomic E-state index is 0.0519. The van der Waals surface area contributed by atoms with Crippen LogP contribution in [0.15, 0.2) is 22.7 Å². The molecule has 0 atom stereocenters. The van der Waals surface area contributed by atoms with Gasteiger partial charge in [0.1, 0.15) is 11.4 Å². The van der Waals surface area contributed by atoms with E-state index in [1.165, 1.54) is 12.1 Å². The van der Waals surface area contributed by atoms with Gasteiger partial charge in [0.25, 0.3) is 0 Å². The van der Waals surface area contributed by atoms with E-state index < -0.39 is 22.9 Å². The van der Waals surface area contributed by atoms with Crippen LogP contribution < -0.4 is 0 Å². The van der Waals surface area contributed by atoms with Gasteiger partial charge in [-0.3, -0.25) is 0 Å². The second-order valence-electron chi connectivity index (χ2n) is 3.73. The van der Waals surface area contributed by atoms with E-state index in [0.717, 1.165) is 19.9 Å². The fourth-order valence-electron chi connectivity index (χ4n) is 1.08. The molecule has 0 heterocycles. The van der Waals surface area contributed by atoms with E-state index in [0.29, 0.717) is 0 Å². The number of rotatable bonds is 2. The summed E-state index contributed by atoms with van der Waals surface area (Å²) < 4.78 is 40.5. The summed E-state index contributed by atoms with van der Waals surface area (Å²) in [4.78, 5) is 0. The third-order valence-electron chi connectivity index (χ3n) is 2.06. The Labute approximate surface area is 94.0 Å². The molecular weight excluding hydrogens is 273 g/mol. The van der Waals surface area contributed by atoms with Crippen LogP contribution in [0.5, 0.6) is 0 Å². The van der Waals surface area contributed by atoms with Crippen molar-refractivity contribution < 1.29 is 18.3 Å². The largest absolute Gasteiger partial charge is 0.384 e. The van der Waals surface area contributed by atoms with Crippen LogP contribution >= 0.6 is 15.9 Å². The van der Waals surface area contributed by atoms with Crippen molar-refractivity contribution in [1.82, 2.24) is 0 Å². The zero-order valence-corrected chi connectivity index (χ0v) is 9.78. The molecular formula is C10H10BrF3O. The molecule has 15 heavy (non-hydrogen) atoms. The summed E-state index contributed by atoms with van der Waals surface area (Å²) in [6, 6.07) is 3.57. The quantitative estimate of drug-likeness (QED) is 0.881. The predicted octanol–water partition coefficient (Wildman–Crippen LogP) is 3.45. The van der Waals surface area contributed by atoms with Gasteiger partial charge in [0.15, 0.2) is 0 Å². The normalized spacial score (nSPS) is 13.0. The van der Waals surface area contributed by atoms with Crippen molar-refractivity contribution in [2.45, 2.75) is 25.4 Å². The summed E-state index contributed by atoms with van der Waals surface area (Å²) in [6.07, 6.45) is 0. The highest BCUT2D eigenvalue weighted by Gasteiger charge is 2.48. The first-order valence-corrected chi connectivity index (χ1v) is 5.02. The van der Waals surface area contributed by atoms with Crippen molar-refractivity contribution in [2.75, 3.05) is 0 Å². The van der Waals surface area contributed by atoms with Gasteiger partial charge in [0.2, 0.25) is 0 Å². The highest BCUT2D eigenvalue weighted by Crippen LogP contribution is 2.40. The van der Waals surface area contributed by atoms with E-state index in [2.05, 4.69) is 15.9 Å². The van der Waals surface area contributed by atoms with E-state index in [4.69, 9.17) is 0 Å². The minimum Gasteiger partial charge on any atom is -0.384 e. The standard InChI is InChI=1S/C10H10BrF3O/c1-9(2,15)10(13,14)6-4-3-5-7(11)8(6)12/h3-5,15H,1-2H3. The third-order valence-corrected chi connectivity index (χ3v) is 2.67. The lowest BCUT2D eigenvalue weighted by Gasteiger charge is -2.29. The average Bonchev–Trinajstić information content (AvgIpc) is 2.07. The minimum atomic E-state index is -3.64. The summed E-state index contributed by atoms with van der Waals surface area (Å²) in [5.41, 5.74) is -3.13. The number of alkyl halides is 2. The fourth-order valence-corrected chi connectivity index (χ4v) is 1.44. The Balaban J connectivity index is 3.34. The van der Waals surface area contributed by atoms with E-state index in [-0.39, 0.29) is 4.47 Å². The van der Waals surface area contributed by atoms with Crippen LogP contribution in [-0.4, -0.2) is 10.7 Å². The van der Waals surface area contributed by atoms with Crippen LogP contribution in [0.4, 0.5) is 13.2 Å². The maximum atomic E-state index is 13.6. The summed E-state index contributed by atoms with van der Waals surface area (Å²) in [5.74, 6) is -4.69. The molecule has 0 aliphatic carbocycles. The van der Waals surface area contributed by atoms with Crippen LogP contribution in [0.2, 0.25) is 0 Å². The summed E-state index contributed by atoms with van der Waals surface area (Å²) in [6.45, 7) is 1.88. The summed E-state index contributed by atoms with van der Waals surface area (Å²) in [7, 11) is 0. The molecule has 0 radical (unpaired) electrons. The second kappa shape index (κ2) is 3.79. The Morgan fingerprint density at radius 3 is 2.27 bits per heavy atom. The molecule has 0 fully saturated rings. The summed E-state index contributed by atoms with van der Waals surface area (Å²) in [5, 5.41) is 9.28. The molecule has 0 saturated heterocycles. The van der Waals surface area contributed by atoms with Crippen LogP contribution in [0.3, 0.4) is 0 Å². The van der Waals surface area contributed by atoms with Crippen LogP contribution in [0.25, 0.3) is 0 Å². The lowest BCUT2D eigenvalue weighted by Crippen LogP contribution is -2.40. The zero-order chi connectivity index (χ0) is 11.9. The molecule has 0 unspecified atom stereocenters.